The molecule has 0 aliphatic rings. The summed E-state index contributed by atoms with van der Waals surface area (Å²) in [7, 11) is 1.38. The lowest BCUT2D eigenvalue weighted by atomic mass is 10.2. The van der Waals surface area contributed by atoms with Gasteiger partial charge in [-0.1, -0.05) is 45.8 Å². The van der Waals surface area contributed by atoms with Crippen LogP contribution in [0.4, 0.5) is 0 Å². The Morgan fingerprint density at radius 2 is 2.24 bits per heavy atom. The number of esters is 1. The molecule has 0 spiro atoms. The number of carbonyl (C=O) groups is 1. The van der Waals surface area contributed by atoms with Gasteiger partial charge in [-0.2, -0.15) is 0 Å². The number of halogens is 3. The second-order valence-corrected chi connectivity index (χ2v) is 5.70. The average Bonchev–Trinajstić information content (AvgIpc) is 2.32. The molecule has 6 heteroatoms. The Bertz CT molecular complexity index is 401. The monoisotopic (exact) mass is 387 g/mol. The lowest BCUT2D eigenvalue weighted by Crippen LogP contribution is -2.29. The zero-order valence-electron chi connectivity index (χ0n) is 9.17. The van der Waals surface area contributed by atoms with E-state index >= 15 is 0 Å². The van der Waals surface area contributed by atoms with E-state index in [1.54, 1.807) is 18.2 Å². The van der Waals surface area contributed by atoms with Gasteiger partial charge < -0.3 is 10.1 Å². The highest BCUT2D eigenvalue weighted by Gasteiger charge is 2.14. The molecule has 0 aromatic heterocycles. The van der Waals surface area contributed by atoms with E-state index in [-0.39, 0.29) is 9.89 Å². The Hall–Kier alpha value is -0.0400. The highest BCUT2D eigenvalue weighted by atomic mass is 127. The molecule has 0 radical (unpaired) electrons. The topological polar surface area (TPSA) is 38.3 Å². The molecule has 1 unspecified atom stereocenters. The molecular formula is C11H12Cl2INO2. The predicted molar refractivity (Wildman–Crippen MR) is 78.0 cm³/mol. The van der Waals surface area contributed by atoms with Crippen LogP contribution in [-0.4, -0.2) is 23.5 Å². The smallest absolute Gasteiger partial charge is 0.319 e. The van der Waals surface area contributed by atoms with Gasteiger partial charge in [-0.15, -0.1) is 0 Å². The first-order valence-electron chi connectivity index (χ1n) is 4.91. The van der Waals surface area contributed by atoms with Gasteiger partial charge >= 0.3 is 5.97 Å². The van der Waals surface area contributed by atoms with Crippen LogP contribution >= 0.6 is 45.8 Å². The predicted octanol–water partition coefficient (Wildman–Crippen LogP) is 3.06. The first-order valence-corrected chi connectivity index (χ1v) is 6.91. The van der Waals surface area contributed by atoms with E-state index < -0.39 is 0 Å². The fraction of sp³-hybridized carbons (Fsp3) is 0.364. The molecule has 0 saturated heterocycles. The van der Waals surface area contributed by atoms with Crippen LogP contribution in [0.25, 0.3) is 0 Å². The molecule has 94 valence electrons. The van der Waals surface area contributed by atoms with Crippen molar-refractivity contribution < 1.29 is 9.53 Å². The number of nitrogens with one attached hydrogen (secondary N) is 1. The van der Waals surface area contributed by atoms with Crippen molar-refractivity contribution in [1.82, 2.24) is 5.32 Å². The Morgan fingerprint density at radius 3 is 2.88 bits per heavy atom. The van der Waals surface area contributed by atoms with Crippen LogP contribution in [0.15, 0.2) is 18.2 Å². The molecule has 1 rings (SSSR count). The lowest BCUT2D eigenvalue weighted by molar-refractivity contribution is -0.139. The van der Waals surface area contributed by atoms with E-state index in [1.165, 1.54) is 7.11 Å². The number of alkyl halides is 1. The molecule has 0 saturated carbocycles. The minimum Gasteiger partial charge on any atom is -0.468 e. The summed E-state index contributed by atoms with van der Waals surface area (Å²) in [5, 5.41) is 4.43. The zero-order chi connectivity index (χ0) is 12.8. The van der Waals surface area contributed by atoms with Crippen LogP contribution in [0.2, 0.25) is 10.0 Å². The summed E-state index contributed by atoms with van der Waals surface area (Å²) in [6.07, 6.45) is 0. The molecule has 3 nitrogen and oxygen atoms in total. The maximum Gasteiger partial charge on any atom is 0.319 e. The van der Waals surface area contributed by atoms with Crippen LogP contribution in [-0.2, 0) is 16.1 Å². The van der Waals surface area contributed by atoms with E-state index in [0.29, 0.717) is 23.1 Å². The quantitative estimate of drug-likeness (QED) is 0.479. The Kier molecular flexibility index (Phi) is 6.54. The molecule has 1 N–H and O–H groups in total. The van der Waals surface area contributed by atoms with Crippen LogP contribution in [0, 0.1) is 0 Å². The molecule has 0 heterocycles. The molecular weight excluding hydrogens is 376 g/mol. The van der Waals surface area contributed by atoms with Gasteiger partial charge in [0.15, 0.2) is 0 Å². The summed E-state index contributed by atoms with van der Waals surface area (Å²) in [6.45, 7) is 1.09. The molecule has 1 atom stereocenters. The summed E-state index contributed by atoms with van der Waals surface area (Å²) < 4.78 is 4.41. The van der Waals surface area contributed by atoms with Crippen molar-refractivity contribution in [3.63, 3.8) is 0 Å². The van der Waals surface area contributed by atoms with Crippen molar-refractivity contribution >= 4 is 51.8 Å². The van der Waals surface area contributed by atoms with Crippen LogP contribution in [0.5, 0.6) is 0 Å². The van der Waals surface area contributed by atoms with Crippen molar-refractivity contribution in [2.75, 3.05) is 13.7 Å². The number of carbonyl (C=O) groups excluding carboxylic acids is 1. The van der Waals surface area contributed by atoms with Crippen molar-refractivity contribution in [3.8, 4) is 0 Å². The van der Waals surface area contributed by atoms with Gasteiger partial charge in [0.05, 0.1) is 7.11 Å². The maximum atomic E-state index is 11.2. The standard InChI is InChI=1S/C11H12Cl2INO2/c1-17-11(16)10(14)6-15-5-7-4-8(12)2-3-9(7)13/h2-4,10,15H,5-6H2,1H3. The summed E-state index contributed by atoms with van der Waals surface area (Å²) in [5.74, 6) is -0.240. The van der Waals surface area contributed by atoms with E-state index in [9.17, 15) is 4.79 Å². The Morgan fingerprint density at radius 1 is 1.53 bits per heavy atom. The highest BCUT2D eigenvalue weighted by molar-refractivity contribution is 14.1. The van der Waals surface area contributed by atoms with Gasteiger partial charge in [0.25, 0.3) is 0 Å². The van der Waals surface area contributed by atoms with E-state index in [1.807, 2.05) is 22.6 Å². The molecule has 0 aliphatic heterocycles. The first kappa shape index (κ1) is 15.0. The maximum absolute atomic E-state index is 11.2. The second-order valence-electron chi connectivity index (χ2n) is 3.36. The number of methoxy groups -OCH3 is 1. The number of hydrogen-bond acceptors (Lipinski definition) is 3. The number of ether oxygens (including phenoxy) is 1. The number of hydrogen-bond donors (Lipinski definition) is 1. The van der Waals surface area contributed by atoms with Gasteiger partial charge in [-0.3, -0.25) is 4.79 Å². The Labute approximate surface area is 124 Å². The fourth-order valence-corrected chi connectivity index (χ4v) is 2.17. The van der Waals surface area contributed by atoms with Gasteiger partial charge in [0.2, 0.25) is 0 Å². The number of benzene rings is 1. The fourth-order valence-electron chi connectivity index (χ4n) is 1.22. The van der Waals surface area contributed by atoms with Crippen molar-refractivity contribution in [2.24, 2.45) is 0 Å². The van der Waals surface area contributed by atoms with Crippen LogP contribution in [0.3, 0.4) is 0 Å². The summed E-state index contributed by atoms with van der Waals surface area (Å²) >= 11 is 13.9. The highest BCUT2D eigenvalue weighted by Crippen LogP contribution is 2.20. The van der Waals surface area contributed by atoms with E-state index in [4.69, 9.17) is 23.2 Å². The number of rotatable bonds is 5. The Balaban J connectivity index is 2.45. The molecule has 17 heavy (non-hydrogen) atoms. The zero-order valence-corrected chi connectivity index (χ0v) is 12.8. The minimum absolute atomic E-state index is 0.212. The summed E-state index contributed by atoms with van der Waals surface area (Å²) in [5.41, 5.74) is 0.910. The van der Waals surface area contributed by atoms with Gasteiger partial charge in [0, 0.05) is 23.1 Å². The van der Waals surface area contributed by atoms with Gasteiger partial charge in [-0.25, -0.2) is 0 Å². The normalized spacial score (nSPS) is 12.2. The van der Waals surface area contributed by atoms with E-state index in [0.717, 1.165) is 5.56 Å². The molecule has 1 aromatic rings. The molecule has 0 aliphatic carbocycles. The van der Waals surface area contributed by atoms with Gasteiger partial charge in [0.1, 0.15) is 3.92 Å². The SMILES string of the molecule is COC(=O)C(I)CNCc1cc(Cl)ccc1Cl. The first-order chi connectivity index (χ1) is 8.04. The van der Waals surface area contributed by atoms with Crippen LogP contribution in [0.1, 0.15) is 5.56 Å². The molecule has 1 aromatic carbocycles. The minimum atomic E-state index is -0.240. The van der Waals surface area contributed by atoms with Crippen molar-refractivity contribution in [1.29, 1.82) is 0 Å². The average molecular weight is 388 g/mol. The third kappa shape index (κ3) is 4.99. The summed E-state index contributed by atoms with van der Waals surface area (Å²) in [4.78, 5) is 11.2. The third-order valence-corrected chi connectivity index (χ3v) is 3.66. The van der Waals surface area contributed by atoms with Crippen molar-refractivity contribution in [3.05, 3.63) is 33.8 Å². The second kappa shape index (κ2) is 7.41. The largest absolute Gasteiger partial charge is 0.468 e. The molecule has 0 amide bonds. The summed E-state index contributed by atoms with van der Waals surface area (Å²) in [6, 6.07) is 5.29. The lowest BCUT2D eigenvalue weighted by Gasteiger charge is -2.10. The van der Waals surface area contributed by atoms with Crippen LogP contribution < -0.4 is 5.32 Å². The van der Waals surface area contributed by atoms with E-state index in [2.05, 4.69) is 10.1 Å². The third-order valence-electron chi connectivity index (χ3n) is 2.10. The molecule has 0 bridgehead atoms. The van der Waals surface area contributed by atoms with Gasteiger partial charge in [-0.05, 0) is 23.8 Å². The molecule has 0 fully saturated rings. The van der Waals surface area contributed by atoms with Crippen molar-refractivity contribution in [2.45, 2.75) is 10.5 Å².